The summed E-state index contributed by atoms with van der Waals surface area (Å²) in [5.41, 5.74) is 0. The minimum absolute atomic E-state index is 0.0555. The Labute approximate surface area is 262 Å². The molecule has 0 aliphatic heterocycles. The van der Waals surface area contributed by atoms with Crippen molar-refractivity contribution in [2.24, 2.45) is 0 Å². The maximum absolute atomic E-state index is 12.5. The first-order chi connectivity index (χ1) is 20.6. The summed E-state index contributed by atoms with van der Waals surface area (Å²) >= 11 is 0. The van der Waals surface area contributed by atoms with E-state index in [1.54, 1.807) is 0 Å². The van der Waals surface area contributed by atoms with E-state index in [9.17, 15) is 19.5 Å². The molecule has 1 N–H and O–H groups in total. The number of rotatable bonds is 29. The molecule has 8 nitrogen and oxygen atoms in total. The molecular formula is C35H64NO7+. The molecule has 0 bridgehead atoms. The smallest absolute Gasteiger partial charge is 0.362 e. The highest BCUT2D eigenvalue weighted by Gasteiger charge is 2.31. The average molecular weight is 611 g/mol. The second kappa shape index (κ2) is 27.4. The first-order valence-corrected chi connectivity index (χ1v) is 16.9. The van der Waals surface area contributed by atoms with Gasteiger partial charge in [0.25, 0.3) is 0 Å². The third-order valence-electron chi connectivity index (χ3n) is 7.33. The van der Waals surface area contributed by atoms with Gasteiger partial charge in [0.2, 0.25) is 0 Å². The van der Waals surface area contributed by atoms with Crippen LogP contribution in [0.1, 0.15) is 129 Å². The SMILES string of the molecule is CCC/C=C\C/C=C\CCCCCCCC(=O)OC(COCCC(C(=O)O)[N+](C)(C)C)COC(=O)CCCCCCCC. The van der Waals surface area contributed by atoms with Crippen molar-refractivity contribution in [2.75, 3.05) is 41.0 Å². The lowest BCUT2D eigenvalue weighted by Gasteiger charge is -2.31. The van der Waals surface area contributed by atoms with Crippen LogP contribution in [0.25, 0.3) is 0 Å². The number of unbranched alkanes of at least 4 members (excludes halogenated alkanes) is 11. The van der Waals surface area contributed by atoms with Gasteiger partial charge in [-0.25, -0.2) is 4.79 Å². The van der Waals surface area contributed by atoms with Crippen LogP contribution in [0, 0.1) is 0 Å². The lowest BCUT2D eigenvalue weighted by molar-refractivity contribution is -0.887. The molecule has 0 heterocycles. The van der Waals surface area contributed by atoms with Crippen LogP contribution in [0.2, 0.25) is 0 Å². The zero-order chi connectivity index (χ0) is 32.2. The number of esters is 2. The summed E-state index contributed by atoms with van der Waals surface area (Å²) in [7, 11) is 5.49. The van der Waals surface area contributed by atoms with Gasteiger partial charge in [-0.15, -0.1) is 0 Å². The van der Waals surface area contributed by atoms with E-state index in [1.807, 2.05) is 21.1 Å². The number of carbonyl (C=O) groups is 3. The minimum atomic E-state index is -0.880. The van der Waals surface area contributed by atoms with E-state index in [0.29, 0.717) is 19.3 Å². The highest BCUT2D eigenvalue weighted by molar-refractivity contribution is 5.72. The van der Waals surface area contributed by atoms with Gasteiger partial charge < -0.3 is 23.8 Å². The molecule has 2 atom stereocenters. The Balaban J connectivity index is 4.47. The maximum atomic E-state index is 12.5. The van der Waals surface area contributed by atoms with Crippen LogP contribution in [0.15, 0.2) is 24.3 Å². The highest BCUT2D eigenvalue weighted by atomic mass is 16.6. The van der Waals surface area contributed by atoms with Crippen LogP contribution in [0.4, 0.5) is 0 Å². The van der Waals surface area contributed by atoms with Gasteiger partial charge in [0, 0.05) is 19.3 Å². The van der Waals surface area contributed by atoms with Crippen molar-refractivity contribution in [1.82, 2.24) is 0 Å². The summed E-state index contributed by atoms with van der Waals surface area (Å²) in [4.78, 5) is 36.4. The topological polar surface area (TPSA) is 99.1 Å². The molecule has 0 aliphatic rings. The van der Waals surface area contributed by atoms with E-state index in [-0.39, 0.29) is 36.2 Å². The second-order valence-corrected chi connectivity index (χ2v) is 12.4. The van der Waals surface area contributed by atoms with Crippen LogP contribution >= 0.6 is 0 Å². The van der Waals surface area contributed by atoms with E-state index in [4.69, 9.17) is 14.2 Å². The molecule has 43 heavy (non-hydrogen) atoms. The van der Waals surface area contributed by atoms with Crippen LogP contribution < -0.4 is 0 Å². The normalized spacial score (nSPS) is 13.4. The summed E-state index contributed by atoms with van der Waals surface area (Å²) in [5.74, 6) is -1.50. The fourth-order valence-corrected chi connectivity index (χ4v) is 4.66. The third kappa shape index (κ3) is 26.0. The van der Waals surface area contributed by atoms with E-state index >= 15 is 0 Å². The summed E-state index contributed by atoms with van der Waals surface area (Å²) in [6, 6.07) is -0.611. The molecule has 0 aromatic heterocycles. The Hall–Kier alpha value is -2.19. The standard InChI is InChI=1S/C35H63NO7/c1-6-8-10-12-14-15-16-17-18-19-20-22-24-26-34(38)43-31(29-41-28-27-32(35(39)40)36(3,4)5)30-42-33(37)25-23-21-13-11-9-7-2/h10,12,15-16,31-32H,6-9,11,13-14,17-30H2,1-5H3/p+1/b12-10-,16-15-. The first-order valence-electron chi connectivity index (χ1n) is 16.9. The largest absolute Gasteiger partial charge is 0.477 e. The molecule has 0 fully saturated rings. The van der Waals surface area contributed by atoms with Crippen molar-refractivity contribution >= 4 is 17.9 Å². The molecule has 0 saturated carbocycles. The lowest BCUT2D eigenvalue weighted by atomic mass is 10.1. The molecule has 0 radical (unpaired) electrons. The number of likely N-dealkylation sites (N-methyl/N-ethyl adjacent to an activating group) is 1. The Morgan fingerprint density at radius 3 is 1.88 bits per heavy atom. The van der Waals surface area contributed by atoms with Gasteiger partial charge in [0.15, 0.2) is 12.1 Å². The molecule has 0 amide bonds. The predicted molar refractivity (Wildman–Crippen MR) is 174 cm³/mol. The molecule has 0 aromatic carbocycles. The summed E-state index contributed by atoms with van der Waals surface area (Å²) in [5, 5.41) is 9.53. The molecule has 0 saturated heterocycles. The number of quaternary nitrogens is 1. The van der Waals surface area contributed by atoms with Crippen LogP contribution in [-0.2, 0) is 28.6 Å². The van der Waals surface area contributed by atoms with E-state index in [0.717, 1.165) is 70.6 Å². The highest BCUT2D eigenvalue weighted by Crippen LogP contribution is 2.12. The Morgan fingerprint density at radius 1 is 0.698 bits per heavy atom. The first kappa shape index (κ1) is 40.8. The number of carboxylic acid groups (broad SMARTS) is 1. The van der Waals surface area contributed by atoms with Crippen molar-refractivity contribution in [3.05, 3.63) is 24.3 Å². The van der Waals surface area contributed by atoms with Crippen molar-refractivity contribution in [1.29, 1.82) is 0 Å². The van der Waals surface area contributed by atoms with Crippen molar-refractivity contribution < 1.29 is 38.2 Å². The fraction of sp³-hybridized carbons (Fsp3) is 0.800. The number of carboxylic acids is 1. The minimum Gasteiger partial charge on any atom is -0.477 e. The monoisotopic (exact) mass is 610 g/mol. The maximum Gasteiger partial charge on any atom is 0.362 e. The van der Waals surface area contributed by atoms with Gasteiger partial charge in [0.05, 0.1) is 34.4 Å². The zero-order valence-electron chi connectivity index (χ0n) is 28.2. The van der Waals surface area contributed by atoms with Crippen LogP contribution in [0.5, 0.6) is 0 Å². The van der Waals surface area contributed by atoms with Crippen molar-refractivity contribution in [3.63, 3.8) is 0 Å². The second-order valence-electron chi connectivity index (χ2n) is 12.4. The van der Waals surface area contributed by atoms with Crippen molar-refractivity contribution in [3.8, 4) is 0 Å². The Kier molecular flexibility index (Phi) is 26.0. The average Bonchev–Trinajstić information content (AvgIpc) is 2.94. The van der Waals surface area contributed by atoms with E-state index < -0.39 is 18.1 Å². The summed E-state index contributed by atoms with van der Waals surface area (Å²) in [6.45, 7) is 4.57. The number of carbonyl (C=O) groups excluding carboxylic acids is 2. The summed E-state index contributed by atoms with van der Waals surface area (Å²) in [6.07, 6.45) is 25.2. The fourth-order valence-electron chi connectivity index (χ4n) is 4.66. The number of hydrogen-bond acceptors (Lipinski definition) is 6. The van der Waals surface area contributed by atoms with Gasteiger partial charge in [-0.2, -0.15) is 0 Å². The molecule has 0 aliphatic carbocycles. The molecule has 0 spiro atoms. The Bertz CT molecular complexity index is 773. The van der Waals surface area contributed by atoms with Gasteiger partial charge in [0.1, 0.15) is 6.61 Å². The van der Waals surface area contributed by atoms with Crippen LogP contribution in [0.3, 0.4) is 0 Å². The van der Waals surface area contributed by atoms with E-state index in [2.05, 4.69) is 38.2 Å². The van der Waals surface area contributed by atoms with Gasteiger partial charge in [-0.05, 0) is 38.5 Å². The number of ether oxygens (including phenoxy) is 3. The number of allylic oxidation sites excluding steroid dienone is 4. The summed E-state index contributed by atoms with van der Waals surface area (Å²) < 4.78 is 17.0. The molecule has 0 aromatic rings. The molecule has 250 valence electrons. The van der Waals surface area contributed by atoms with Gasteiger partial charge in [-0.3, -0.25) is 9.59 Å². The van der Waals surface area contributed by atoms with E-state index in [1.165, 1.54) is 25.7 Å². The lowest BCUT2D eigenvalue weighted by Crippen LogP contribution is -2.50. The number of aliphatic carboxylic acids is 1. The third-order valence-corrected chi connectivity index (χ3v) is 7.33. The zero-order valence-corrected chi connectivity index (χ0v) is 28.2. The number of nitrogens with zero attached hydrogens (tertiary/aromatic N) is 1. The Morgan fingerprint density at radius 2 is 1.28 bits per heavy atom. The molecule has 2 unspecified atom stereocenters. The van der Waals surface area contributed by atoms with Gasteiger partial charge in [-0.1, -0.05) is 95.9 Å². The van der Waals surface area contributed by atoms with Crippen LogP contribution in [-0.4, -0.2) is 80.6 Å². The number of hydrogen-bond donors (Lipinski definition) is 1. The quantitative estimate of drug-likeness (QED) is 0.0399. The molecule has 8 heteroatoms. The van der Waals surface area contributed by atoms with Gasteiger partial charge >= 0.3 is 17.9 Å². The molecular weight excluding hydrogens is 546 g/mol. The predicted octanol–water partition coefficient (Wildman–Crippen LogP) is 7.79. The van der Waals surface area contributed by atoms with Crippen molar-refractivity contribution in [2.45, 2.75) is 142 Å². The molecule has 0 rings (SSSR count).